The highest BCUT2D eigenvalue weighted by atomic mass is 16.6. The lowest BCUT2D eigenvalue weighted by molar-refractivity contribution is -0.384. The van der Waals surface area contributed by atoms with Crippen molar-refractivity contribution in [2.75, 3.05) is 16.8 Å². The van der Waals surface area contributed by atoms with Crippen LogP contribution in [0.15, 0.2) is 42.5 Å². The largest absolute Gasteiger partial charge is 0.478 e. The zero-order chi connectivity index (χ0) is 21.1. The van der Waals surface area contributed by atoms with Gasteiger partial charge in [-0.15, -0.1) is 0 Å². The van der Waals surface area contributed by atoms with Crippen LogP contribution in [0.4, 0.5) is 17.1 Å². The quantitative estimate of drug-likeness (QED) is 0.593. The van der Waals surface area contributed by atoms with Crippen molar-refractivity contribution in [1.29, 1.82) is 0 Å². The molecule has 1 atom stereocenters. The van der Waals surface area contributed by atoms with Crippen molar-refractivity contribution < 1.29 is 19.2 Å². The van der Waals surface area contributed by atoms with E-state index < -0.39 is 16.9 Å². The lowest BCUT2D eigenvalue weighted by Crippen LogP contribution is -2.50. The van der Waals surface area contributed by atoms with E-state index in [2.05, 4.69) is 5.32 Å². The summed E-state index contributed by atoms with van der Waals surface area (Å²) >= 11 is 0. The molecule has 1 unspecified atom stereocenters. The Balaban J connectivity index is 1.91. The van der Waals surface area contributed by atoms with Crippen molar-refractivity contribution in [1.82, 2.24) is 0 Å². The van der Waals surface area contributed by atoms with E-state index in [0.29, 0.717) is 11.4 Å². The maximum atomic E-state index is 13.0. The van der Waals surface area contributed by atoms with Crippen LogP contribution in [0.3, 0.4) is 0 Å². The van der Waals surface area contributed by atoms with Crippen molar-refractivity contribution in [3.05, 3.63) is 58.1 Å². The van der Waals surface area contributed by atoms with Crippen LogP contribution in [0, 0.1) is 16.0 Å². The monoisotopic (exact) mass is 397 g/mol. The van der Waals surface area contributed by atoms with Gasteiger partial charge in [0, 0.05) is 17.8 Å². The molecule has 8 heteroatoms. The SMILES string of the molecule is CCc1ccccc1NC(=O)CN1C(=O)C(C(C)C)Oc2ccc([N+](=O)[O-])cc21. The summed E-state index contributed by atoms with van der Waals surface area (Å²) in [7, 11) is 0. The van der Waals surface area contributed by atoms with Gasteiger partial charge in [-0.05, 0) is 30.0 Å². The van der Waals surface area contributed by atoms with Crippen LogP contribution < -0.4 is 15.0 Å². The Hall–Kier alpha value is -3.42. The number of carbonyl (C=O) groups excluding carboxylic acids is 2. The Morgan fingerprint density at radius 1 is 1.28 bits per heavy atom. The number of hydrogen-bond acceptors (Lipinski definition) is 5. The fraction of sp³-hybridized carbons (Fsp3) is 0.333. The Morgan fingerprint density at radius 2 is 2.00 bits per heavy atom. The molecule has 2 amide bonds. The van der Waals surface area contributed by atoms with Gasteiger partial charge < -0.3 is 10.1 Å². The highest BCUT2D eigenvalue weighted by molar-refractivity contribution is 6.06. The summed E-state index contributed by atoms with van der Waals surface area (Å²) in [4.78, 5) is 37.6. The van der Waals surface area contributed by atoms with Gasteiger partial charge in [0.25, 0.3) is 11.6 Å². The van der Waals surface area contributed by atoms with Gasteiger partial charge >= 0.3 is 0 Å². The summed E-state index contributed by atoms with van der Waals surface area (Å²) in [6.45, 7) is 5.40. The second-order valence-corrected chi connectivity index (χ2v) is 7.17. The van der Waals surface area contributed by atoms with Crippen molar-refractivity contribution in [3.8, 4) is 5.75 Å². The first-order chi connectivity index (χ1) is 13.8. The molecule has 0 aromatic heterocycles. The van der Waals surface area contributed by atoms with E-state index >= 15 is 0 Å². The van der Waals surface area contributed by atoms with Crippen molar-refractivity contribution in [3.63, 3.8) is 0 Å². The molecule has 8 nitrogen and oxygen atoms in total. The molecule has 0 fully saturated rings. The molecule has 0 saturated carbocycles. The summed E-state index contributed by atoms with van der Waals surface area (Å²) in [6.07, 6.45) is -0.0168. The smallest absolute Gasteiger partial charge is 0.271 e. The number of aryl methyl sites for hydroxylation is 1. The molecule has 2 aromatic carbocycles. The first kappa shape index (κ1) is 20.3. The Labute approximate surface area is 168 Å². The predicted molar refractivity (Wildman–Crippen MR) is 109 cm³/mol. The van der Waals surface area contributed by atoms with Crippen LogP contribution in [0.25, 0.3) is 0 Å². The van der Waals surface area contributed by atoms with Crippen molar-refractivity contribution in [2.24, 2.45) is 5.92 Å². The van der Waals surface area contributed by atoms with Crippen molar-refractivity contribution in [2.45, 2.75) is 33.3 Å². The third-order valence-corrected chi connectivity index (χ3v) is 4.79. The van der Waals surface area contributed by atoms with Gasteiger partial charge in [0.2, 0.25) is 5.91 Å². The fourth-order valence-electron chi connectivity index (χ4n) is 3.26. The number of fused-ring (bicyclic) bond motifs is 1. The highest BCUT2D eigenvalue weighted by Crippen LogP contribution is 2.38. The van der Waals surface area contributed by atoms with E-state index in [0.717, 1.165) is 12.0 Å². The second kappa shape index (κ2) is 8.30. The predicted octanol–water partition coefficient (Wildman–Crippen LogP) is 3.55. The molecule has 152 valence electrons. The molecule has 1 aliphatic heterocycles. The summed E-state index contributed by atoms with van der Waals surface area (Å²) < 4.78 is 5.76. The minimum atomic E-state index is -0.764. The lowest BCUT2D eigenvalue weighted by atomic mass is 10.0. The number of nitro groups is 1. The molecule has 3 rings (SSSR count). The maximum absolute atomic E-state index is 13.0. The summed E-state index contributed by atoms with van der Waals surface area (Å²) in [5.41, 5.74) is 1.70. The van der Waals surface area contributed by atoms with Gasteiger partial charge in [-0.2, -0.15) is 0 Å². The van der Waals surface area contributed by atoms with E-state index in [9.17, 15) is 19.7 Å². The van der Waals surface area contributed by atoms with Crippen LogP contribution >= 0.6 is 0 Å². The number of amides is 2. The van der Waals surface area contributed by atoms with Crippen LogP contribution in [0.2, 0.25) is 0 Å². The van der Waals surface area contributed by atoms with Gasteiger partial charge in [-0.3, -0.25) is 24.6 Å². The number of nitrogens with zero attached hydrogens (tertiary/aromatic N) is 2. The molecular formula is C21H23N3O5. The standard InChI is InChI=1S/C21H23N3O5/c1-4-14-7-5-6-8-16(14)22-19(25)12-23-17-11-15(24(27)28)9-10-18(17)29-20(13(2)3)21(23)26/h5-11,13,20H,4,12H2,1-3H3,(H,22,25). The fourth-order valence-corrected chi connectivity index (χ4v) is 3.26. The third kappa shape index (κ3) is 4.21. The van der Waals surface area contributed by atoms with Crippen LogP contribution in [0.1, 0.15) is 26.3 Å². The molecular weight excluding hydrogens is 374 g/mol. The minimum Gasteiger partial charge on any atom is -0.478 e. The van der Waals surface area contributed by atoms with Gasteiger partial charge in [-0.25, -0.2) is 0 Å². The number of ether oxygens (including phenoxy) is 1. The number of nitro benzene ring substituents is 1. The molecule has 0 aliphatic carbocycles. The third-order valence-electron chi connectivity index (χ3n) is 4.79. The number of non-ortho nitro benzene ring substituents is 1. The van der Waals surface area contributed by atoms with E-state index in [-0.39, 0.29) is 29.7 Å². The topological polar surface area (TPSA) is 102 Å². The van der Waals surface area contributed by atoms with E-state index in [1.165, 1.54) is 23.1 Å². The number of hydrogen-bond donors (Lipinski definition) is 1. The highest BCUT2D eigenvalue weighted by Gasteiger charge is 2.38. The van der Waals surface area contributed by atoms with Gasteiger partial charge in [0.1, 0.15) is 12.3 Å². The number of nitrogens with one attached hydrogen (secondary N) is 1. The first-order valence-corrected chi connectivity index (χ1v) is 9.46. The number of benzene rings is 2. The molecule has 0 bridgehead atoms. The average molecular weight is 397 g/mol. The Kier molecular flexibility index (Phi) is 5.81. The van der Waals surface area contributed by atoms with E-state index in [1.54, 1.807) is 6.07 Å². The zero-order valence-corrected chi connectivity index (χ0v) is 16.5. The average Bonchev–Trinajstić information content (AvgIpc) is 2.69. The van der Waals surface area contributed by atoms with Crippen LogP contribution in [-0.2, 0) is 16.0 Å². The number of carbonyl (C=O) groups is 2. The normalized spacial score (nSPS) is 15.7. The van der Waals surface area contributed by atoms with Crippen molar-refractivity contribution >= 4 is 28.9 Å². The molecule has 1 aliphatic rings. The first-order valence-electron chi connectivity index (χ1n) is 9.46. The minimum absolute atomic E-state index is 0.128. The summed E-state index contributed by atoms with van der Waals surface area (Å²) in [5, 5.41) is 14.0. The molecule has 2 aromatic rings. The summed E-state index contributed by atoms with van der Waals surface area (Å²) in [5.74, 6) is -0.569. The molecule has 0 saturated heterocycles. The Morgan fingerprint density at radius 3 is 2.66 bits per heavy atom. The number of para-hydroxylation sites is 1. The zero-order valence-electron chi connectivity index (χ0n) is 16.5. The number of rotatable bonds is 6. The molecule has 0 spiro atoms. The lowest BCUT2D eigenvalue weighted by Gasteiger charge is -2.35. The van der Waals surface area contributed by atoms with E-state index in [4.69, 9.17) is 4.74 Å². The second-order valence-electron chi connectivity index (χ2n) is 7.17. The maximum Gasteiger partial charge on any atom is 0.271 e. The molecule has 1 N–H and O–H groups in total. The van der Waals surface area contributed by atoms with Crippen LogP contribution in [-0.4, -0.2) is 29.4 Å². The van der Waals surface area contributed by atoms with Gasteiger partial charge in [0.05, 0.1) is 10.6 Å². The van der Waals surface area contributed by atoms with Gasteiger partial charge in [-0.1, -0.05) is 39.0 Å². The van der Waals surface area contributed by atoms with Gasteiger partial charge in [0.15, 0.2) is 6.10 Å². The van der Waals surface area contributed by atoms with Crippen LogP contribution in [0.5, 0.6) is 5.75 Å². The van der Waals surface area contributed by atoms with E-state index in [1.807, 2.05) is 39.0 Å². The summed E-state index contributed by atoms with van der Waals surface area (Å²) in [6, 6.07) is 11.5. The number of anilines is 2. The molecule has 29 heavy (non-hydrogen) atoms. The Bertz CT molecular complexity index is 957. The molecule has 1 heterocycles. The molecule has 0 radical (unpaired) electrons.